The second-order valence-corrected chi connectivity index (χ2v) is 5.42. The molecule has 1 aliphatic rings. The van der Waals surface area contributed by atoms with Gasteiger partial charge >= 0.3 is 6.09 Å². The fraction of sp³-hybridized carbons (Fsp3) is 0.333. The van der Waals surface area contributed by atoms with Gasteiger partial charge in [-0.2, -0.15) is 0 Å². The quantitative estimate of drug-likeness (QED) is 0.727. The fourth-order valence-electron chi connectivity index (χ4n) is 1.59. The molecule has 4 N–H and O–H groups in total. The van der Waals surface area contributed by atoms with Crippen molar-refractivity contribution in [2.45, 2.75) is 11.0 Å². The maximum atomic E-state index is 11.0. The first kappa shape index (κ1) is 12.6. The van der Waals surface area contributed by atoms with Gasteiger partial charge in [0.1, 0.15) is 16.8 Å². The zero-order valence-corrected chi connectivity index (χ0v) is 10.1. The van der Waals surface area contributed by atoms with E-state index in [1.54, 1.807) is 6.07 Å². The van der Waals surface area contributed by atoms with Crippen LogP contribution in [0.5, 0.6) is 0 Å². The van der Waals surface area contributed by atoms with Gasteiger partial charge in [0, 0.05) is 6.20 Å². The molecule has 1 aromatic rings. The van der Waals surface area contributed by atoms with Gasteiger partial charge < -0.3 is 15.4 Å². The predicted octanol–water partition coefficient (Wildman–Crippen LogP) is -0.987. The lowest BCUT2D eigenvalue weighted by Crippen LogP contribution is -2.53. The van der Waals surface area contributed by atoms with Crippen molar-refractivity contribution in [3.05, 3.63) is 18.3 Å². The average molecular weight is 272 g/mol. The van der Waals surface area contributed by atoms with Crippen LogP contribution in [0.1, 0.15) is 0 Å². The maximum Gasteiger partial charge on any atom is 0.404 e. The molecule has 0 bridgehead atoms. The van der Waals surface area contributed by atoms with Crippen molar-refractivity contribution >= 4 is 21.9 Å². The summed E-state index contributed by atoms with van der Waals surface area (Å²) in [6.07, 6.45) is 0.131. The molecule has 8 nitrogen and oxygen atoms in total. The molecule has 2 heterocycles. The van der Waals surface area contributed by atoms with Gasteiger partial charge in [-0.15, -0.1) is 0 Å². The summed E-state index contributed by atoms with van der Waals surface area (Å²) in [5.41, 5.74) is 4.88. The van der Waals surface area contributed by atoms with Gasteiger partial charge in [0.05, 0.1) is 13.1 Å². The first-order valence-corrected chi connectivity index (χ1v) is 6.61. The van der Waals surface area contributed by atoms with Crippen molar-refractivity contribution in [2.24, 2.45) is 10.9 Å². The number of pyridine rings is 1. The molecule has 18 heavy (non-hydrogen) atoms. The summed E-state index contributed by atoms with van der Waals surface area (Å²) < 4.78 is 26.8. The van der Waals surface area contributed by atoms with E-state index in [0.717, 1.165) is 0 Å². The van der Waals surface area contributed by atoms with Crippen LogP contribution in [0.3, 0.4) is 0 Å². The van der Waals surface area contributed by atoms with Crippen molar-refractivity contribution in [1.29, 1.82) is 0 Å². The maximum absolute atomic E-state index is 11.0. The van der Waals surface area contributed by atoms with Crippen LogP contribution in [0.4, 0.5) is 10.6 Å². The van der Waals surface area contributed by atoms with Gasteiger partial charge in [-0.3, -0.25) is 0 Å². The molecule has 1 fully saturated rings. The first-order chi connectivity index (χ1) is 8.36. The molecule has 1 amide bonds. The minimum Gasteiger partial charge on any atom is -0.443 e. The van der Waals surface area contributed by atoms with Gasteiger partial charge in [0.15, 0.2) is 0 Å². The molecule has 9 heteroatoms. The number of carbonyl (C=O) groups excluding carboxylic acids is 1. The normalized spacial score (nSPS) is 16.2. The Balaban J connectivity index is 1.99. The molecule has 0 aliphatic carbocycles. The molecule has 0 aromatic carbocycles. The number of nitrogens with two attached hydrogens (primary N) is 2. The molecule has 0 saturated carbocycles. The smallest absolute Gasteiger partial charge is 0.404 e. The minimum atomic E-state index is -3.73. The largest absolute Gasteiger partial charge is 0.443 e. The van der Waals surface area contributed by atoms with Crippen LogP contribution in [0.2, 0.25) is 0 Å². The lowest BCUT2D eigenvalue weighted by molar-refractivity contribution is 0.0886. The highest BCUT2D eigenvalue weighted by Gasteiger charge is 2.30. The van der Waals surface area contributed by atoms with E-state index in [2.05, 4.69) is 4.98 Å². The number of ether oxygens (including phenoxy) is 1. The number of rotatable bonds is 3. The van der Waals surface area contributed by atoms with Crippen molar-refractivity contribution in [2.75, 3.05) is 18.0 Å². The Hall–Kier alpha value is -1.87. The highest BCUT2D eigenvalue weighted by molar-refractivity contribution is 7.89. The van der Waals surface area contributed by atoms with Gasteiger partial charge in [0.2, 0.25) is 10.0 Å². The zero-order valence-electron chi connectivity index (χ0n) is 9.31. The molecule has 0 spiro atoms. The predicted molar refractivity (Wildman–Crippen MR) is 62.3 cm³/mol. The third kappa shape index (κ3) is 2.68. The molecular weight excluding hydrogens is 260 g/mol. The third-order valence-electron chi connectivity index (χ3n) is 2.50. The molecule has 2 rings (SSSR count). The SMILES string of the molecule is NC(=O)OC1CN(c2ccc(S(N)(=O)=O)cn2)C1. The Morgan fingerprint density at radius 3 is 2.56 bits per heavy atom. The van der Waals surface area contributed by atoms with E-state index >= 15 is 0 Å². The molecule has 98 valence electrons. The highest BCUT2D eigenvalue weighted by atomic mass is 32.2. The third-order valence-corrected chi connectivity index (χ3v) is 3.40. The number of amides is 1. The van der Waals surface area contributed by atoms with E-state index in [4.69, 9.17) is 15.6 Å². The standard InChI is InChI=1S/C9H12N4O4S/c10-9(14)17-6-4-13(5-6)8-2-1-7(3-12-8)18(11,15)16/h1-3,6H,4-5H2,(H2,10,14)(H2,11,15,16). The van der Waals surface area contributed by atoms with Crippen LogP contribution in [-0.4, -0.2) is 38.7 Å². The summed E-state index contributed by atoms with van der Waals surface area (Å²) in [6, 6.07) is 2.92. The van der Waals surface area contributed by atoms with Crippen LogP contribution in [0.25, 0.3) is 0 Å². The number of hydrogen-bond donors (Lipinski definition) is 2. The Labute approximate surface area is 104 Å². The summed E-state index contributed by atoms with van der Waals surface area (Å²) in [7, 11) is -3.73. The fourth-order valence-corrected chi connectivity index (χ4v) is 2.05. The summed E-state index contributed by atoms with van der Waals surface area (Å²) in [5.74, 6) is 0.590. The number of carbonyl (C=O) groups is 1. The number of hydrogen-bond acceptors (Lipinski definition) is 6. The van der Waals surface area contributed by atoms with Crippen LogP contribution in [-0.2, 0) is 14.8 Å². The molecule has 1 aromatic heterocycles. The van der Waals surface area contributed by atoms with Crippen LogP contribution < -0.4 is 15.8 Å². The van der Waals surface area contributed by atoms with E-state index in [1.165, 1.54) is 12.3 Å². The summed E-state index contributed by atoms with van der Waals surface area (Å²) in [6.45, 7) is 0.954. The van der Waals surface area contributed by atoms with Crippen LogP contribution in [0, 0.1) is 0 Å². The Kier molecular flexibility index (Phi) is 3.09. The molecule has 0 unspecified atom stereocenters. The number of nitrogens with zero attached hydrogens (tertiary/aromatic N) is 2. The van der Waals surface area contributed by atoms with Crippen molar-refractivity contribution in [3.8, 4) is 0 Å². The van der Waals surface area contributed by atoms with Crippen molar-refractivity contribution in [1.82, 2.24) is 4.98 Å². The molecular formula is C9H12N4O4S. The van der Waals surface area contributed by atoms with E-state index in [1.807, 2.05) is 4.90 Å². The second kappa shape index (κ2) is 4.42. The highest BCUT2D eigenvalue weighted by Crippen LogP contribution is 2.21. The molecule has 0 atom stereocenters. The summed E-state index contributed by atoms with van der Waals surface area (Å²) in [5, 5.41) is 4.95. The monoisotopic (exact) mass is 272 g/mol. The van der Waals surface area contributed by atoms with Gasteiger partial charge in [-0.05, 0) is 12.1 Å². The topological polar surface area (TPSA) is 129 Å². The molecule has 0 radical (unpaired) electrons. The molecule has 1 aliphatic heterocycles. The number of anilines is 1. The first-order valence-electron chi connectivity index (χ1n) is 5.06. The van der Waals surface area contributed by atoms with Gasteiger partial charge in [0.25, 0.3) is 0 Å². The van der Waals surface area contributed by atoms with E-state index < -0.39 is 16.1 Å². The lowest BCUT2D eigenvalue weighted by atomic mass is 10.1. The number of primary sulfonamides is 1. The van der Waals surface area contributed by atoms with E-state index in [0.29, 0.717) is 18.9 Å². The number of primary amides is 1. The summed E-state index contributed by atoms with van der Waals surface area (Å²) in [4.78, 5) is 16.2. The number of aromatic nitrogens is 1. The van der Waals surface area contributed by atoms with Crippen LogP contribution >= 0.6 is 0 Å². The van der Waals surface area contributed by atoms with E-state index in [9.17, 15) is 13.2 Å². The van der Waals surface area contributed by atoms with Crippen molar-refractivity contribution < 1.29 is 17.9 Å². The Morgan fingerprint density at radius 2 is 2.11 bits per heavy atom. The average Bonchev–Trinajstić information content (AvgIpc) is 2.21. The minimum absolute atomic E-state index is 0.0447. The van der Waals surface area contributed by atoms with E-state index in [-0.39, 0.29) is 11.0 Å². The summed E-state index contributed by atoms with van der Waals surface area (Å²) >= 11 is 0. The number of sulfonamides is 1. The van der Waals surface area contributed by atoms with Gasteiger partial charge in [-0.25, -0.2) is 23.3 Å². The second-order valence-electron chi connectivity index (χ2n) is 3.86. The van der Waals surface area contributed by atoms with Gasteiger partial charge in [-0.1, -0.05) is 0 Å². The Bertz CT molecular complexity index is 550. The van der Waals surface area contributed by atoms with Crippen molar-refractivity contribution in [3.63, 3.8) is 0 Å². The Morgan fingerprint density at radius 1 is 1.44 bits per heavy atom. The zero-order chi connectivity index (χ0) is 13.3. The van der Waals surface area contributed by atoms with Crippen LogP contribution in [0.15, 0.2) is 23.2 Å². The lowest BCUT2D eigenvalue weighted by Gasteiger charge is -2.38. The molecule has 1 saturated heterocycles.